The van der Waals surface area contributed by atoms with E-state index >= 15 is 0 Å². The van der Waals surface area contributed by atoms with Crippen molar-refractivity contribution < 1.29 is 0 Å². The fraction of sp³-hybridized carbons (Fsp3) is 0.800. The molecule has 0 aliphatic rings. The predicted octanol–water partition coefficient (Wildman–Crippen LogP) is 2.59. The first-order valence-corrected chi connectivity index (χ1v) is 4.32. The molecule has 1 nitrogen and oxygen atoms in total. The average Bonchev–Trinajstić information content (AvgIpc) is 1.84. The van der Waals surface area contributed by atoms with Crippen molar-refractivity contribution in [2.75, 3.05) is 6.54 Å². The van der Waals surface area contributed by atoms with Crippen LogP contribution in [-0.2, 0) is 0 Å². The van der Waals surface area contributed by atoms with Gasteiger partial charge in [0.2, 0.25) is 0 Å². The highest BCUT2D eigenvalue weighted by molar-refractivity contribution is 4.81. The molecule has 0 aliphatic carbocycles. The lowest BCUT2D eigenvalue weighted by Gasteiger charge is -2.24. The molecule has 0 spiro atoms. The van der Waals surface area contributed by atoms with Crippen LogP contribution in [0.3, 0.4) is 0 Å². The van der Waals surface area contributed by atoms with Crippen molar-refractivity contribution in [1.82, 2.24) is 5.32 Å². The van der Waals surface area contributed by atoms with Crippen LogP contribution in [0.5, 0.6) is 0 Å². The Morgan fingerprint density at radius 2 is 2.00 bits per heavy atom. The van der Waals surface area contributed by atoms with Crippen LogP contribution < -0.4 is 5.32 Å². The van der Waals surface area contributed by atoms with E-state index in [0.29, 0.717) is 11.5 Å². The average molecular weight is 155 g/mol. The van der Waals surface area contributed by atoms with Gasteiger partial charge in [0.05, 0.1) is 0 Å². The minimum Gasteiger partial charge on any atom is -0.314 e. The fourth-order valence-corrected chi connectivity index (χ4v) is 0.943. The summed E-state index contributed by atoms with van der Waals surface area (Å²) in [7, 11) is 0. The smallest absolute Gasteiger partial charge is 0.00106 e. The van der Waals surface area contributed by atoms with Crippen molar-refractivity contribution in [3.8, 4) is 0 Å². The van der Waals surface area contributed by atoms with Gasteiger partial charge >= 0.3 is 0 Å². The van der Waals surface area contributed by atoms with Gasteiger partial charge in [-0.15, -0.1) is 6.58 Å². The van der Waals surface area contributed by atoms with E-state index in [1.54, 1.807) is 0 Å². The van der Waals surface area contributed by atoms with Gasteiger partial charge in [-0.1, -0.05) is 33.8 Å². The van der Waals surface area contributed by atoms with Crippen LogP contribution in [-0.4, -0.2) is 12.6 Å². The first-order valence-electron chi connectivity index (χ1n) is 4.32. The Morgan fingerprint density at radius 3 is 2.36 bits per heavy atom. The van der Waals surface area contributed by atoms with Crippen LogP contribution in [0.1, 0.15) is 34.1 Å². The van der Waals surface area contributed by atoms with Gasteiger partial charge in [-0.2, -0.15) is 0 Å². The van der Waals surface area contributed by atoms with E-state index in [1.807, 2.05) is 6.08 Å². The molecule has 0 amide bonds. The zero-order valence-electron chi connectivity index (χ0n) is 8.28. The highest BCUT2D eigenvalue weighted by Crippen LogP contribution is 2.18. The van der Waals surface area contributed by atoms with E-state index in [0.717, 1.165) is 13.0 Å². The second kappa shape index (κ2) is 4.55. The molecule has 0 aliphatic heterocycles. The molecule has 0 radical (unpaired) electrons. The summed E-state index contributed by atoms with van der Waals surface area (Å²) in [5.74, 6) is 0. The zero-order valence-corrected chi connectivity index (χ0v) is 8.28. The maximum Gasteiger partial charge on any atom is 0.00106 e. The first-order chi connectivity index (χ1) is 4.98. The summed E-state index contributed by atoms with van der Waals surface area (Å²) < 4.78 is 0. The van der Waals surface area contributed by atoms with Crippen LogP contribution in [0.4, 0.5) is 0 Å². The Morgan fingerprint density at radius 1 is 1.45 bits per heavy atom. The summed E-state index contributed by atoms with van der Waals surface area (Å²) in [5, 5.41) is 3.42. The molecule has 0 saturated heterocycles. The molecular weight excluding hydrogens is 134 g/mol. The van der Waals surface area contributed by atoms with Gasteiger partial charge in [0.25, 0.3) is 0 Å². The van der Waals surface area contributed by atoms with Gasteiger partial charge in [-0.3, -0.25) is 0 Å². The lowest BCUT2D eigenvalue weighted by molar-refractivity contribution is 0.332. The number of hydrogen-bond acceptors (Lipinski definition) is 1. The molecule has 0 rings (SSSR count). The zero-order chi connectivity index (χ0) is 8.91. The summed E-state index contributed by atoms with van der Waals surface area (Å²) in [5.41, 5.74) is 0.353. The molecule has 0 fully saturated rings. The molecule has 0 unspecified atom stereocenters. The minimum absolute atomic E-state index is 0.353. The molecule has 1 heteroatoms. The number of hydrogen-bond donors (Lipinski definition) is 1. The topological polar surface area (TPSA) is 12.0 Å². The van der Waals surface area contributed by atoms with Gasteiger partial charge in [-0.05, 0) is 11.8 Å². The lowest BCUT2D eigenvalue weighted by atomic mass is 9.89. The fourth-order valence-electron chi connectivity index (χ4n) is 0.943. The van der Waals surface area contributed by atoms with E-state index in [4.69, 9.17) is 0 Å². The number of nitrogens with one attached hydrogen (secondary N) is 1. The molecular formula is C10H21N. The van der Waals surface area contributed by atoms with Gasteiger partial charge in [0.1, 0.15) is 0 Å². The van der Waals surface area contributed by atoms with Crippen molar-refractivity contribution >= 4 is 0 Å². The Bertz CT molecular complexity index is 114. The van der Waals surface area contributed by atoms with E-state index < -0.39 is 0 Å². The monoisotopic (exact) mass is 155 g/mol. The molecule has 0 heterocycles. The summed E-state index contributed by atoms with van der Waals surface area (Å²) in [6.45, 7) is 13.7. The minimum atomic E-state index is 0.353. The summed E-state index contributed by atoms with van der Waals surface area (Å²) in [4.78, 5) is 0. The van der Waals surface area contributed by atoms with Crippen LogP contribution >= 0.6 is 0 Å². The summed E-state index contributed by atoms with van der Waals surface area (Å²) >= 11 is 0. The van der Waals surface area contributed by atoms with Crippen molar-refractivity contribution in [2.45, 2.75) is 40.2 Å². The summed E-state index contributed by atoms with van der Waals surface area (Å²) in [6, 6.07) is 0.582. The molecule has 0 aromatic carbocycles. The second-order valence-corrected chi connectivity index (χ2v) is 4.19. The molecule has 66 valence electrons. The third-order valence-electron chi connectivity index (χ3n) is 1.69. The predicted molar refractivity (Wildman–Crippen MR) is 51.7 cm³/mol. The highest BCUT2D eigenvalue weighted by atomic mass is 14.9. The number of rotatable bonds is 5. The van der Waals surface area contributed by atoms with Crippen LogP contribution in [0.15, 0.2) is 12.7 Å². The molecule has 1 N–H and O–H groups in total. The maximum atomic E-state index is 3.75. The summed E-state index contributed by atoms with van der Waals surface area (Å²) in [6.07, 6.45) is 3.06. The second-order valence-electron chi connectivity index (χ2n) is 4.19. The lowest BCUT2D eigenvalue weighted by Crippen LogP contribution is -2.33. The van der Waals surface area contributed by atoms with Crippen molar-refractivity contribution in [1.29, 1.82) is 0 Å². The van der Waals surface area contributed by atoms with Crippen LogP contribution in [0.2, 0.25) is 0 Å². The maximum absolute atomic E-state index is 3.75. The molecule has 0 aromatic rings. The van der Waals surface area contributed by atoms with Gasteiger partial charge in [0, 0.05) is 12.6 Å². The molecule has 0 aromatic heterocycles. The third kappa shape index (κ3) is 6.11. The molecule has 0 bridgehead atoms. The van der Waals surface area contributed by atoms with Gasteiger partial charge < -0.3 is 5.32 Å². The van der Waals surface area contributed by atoms with Gasteiger partial charge in [0.15, 0.2) is 0 Å². The quantitative estimate of drug-likeness (QED) is 0.602. The van der Waals surface area contributed by atoms with Gasteiger partial charge in [-0.25, -0.2) is 0 Å². The molecule has 0 atom stereocenters. The Balaban J connectivity index is 3.62. The van der Waals surface area contributed by atoms with E-state index in [1.165, 1.54) is 0 Å². The Labute approximate surface area is 70.9 Å². The SMILES string of the molecule is C=CCC(C)(C)CNC(C)C. The largest absolute Gasteiger partial charge is 0.314 e. The van der Waals surface area contributed by atoms with Crippen LogP contribution in [0.25, 0.3) is 0 Å². The number of allylic oxidation sites excluding steroid dienone is 1. The van der Waals surface area contributed by atoms with E-state index in [2.05, 4.69) is 39.6 Å². The third-order valence-corrected chi connectivity index (χ3v) is 1.69. The Kier molecular flexibility index (Phi) is 4.43. The van der Waals surface area contributed by atoms with E-state index in [-0.39, 0.29) is 0 Å². The van der Waals surface area contributed by atoms with Crippen molar-refractivity contribution in [2.24, 2.45) is 5.41 Å². The Hall–Kier alpha value is -0.300. The van der Waals surface area contributed by atoms with Crippen molar-refractivity contribution in [3.05, 3.63) is 12.7 Å². The van der Waals surface area contributed by atoms with E-state index in [9.17, 15) is 0 Å². The van der Waals surface area contributed by atoms with Crippen molar-refractivity contribution in [3.63, 3.8) is 0 Å². The van der Waals surface area contributed by atoms with Crippen LogP contribution in [0, 0.1) is 5.41 Å². The first kappa shape index (κ1) is 10.7. The standard InChI is InChI=1S/C10H21N/c1-6-7-10(4,5)8-11-9(2)3/h6,9,11H,1,7-8H2,2-5H3. The molecule has 0 saturated carbocycles. The normalized spacial score (nSPS) is 12.1. The highest BCUT2D eigenvalue weighted by Gasteiger charge is 2.15. The molecule has 11 heavy (non-hydrogen) atoms.